The molecule has 5 heteroatoms. The summed E-state index contributed by atoms with van der Waals surface area (Å²) >= 11 is 0. The van der Waals surface area contributed by atoms with Crippen LogP contribution in [-0.4, -0.2) is 40.3 Å². The average Bonchev–Trinajstić information content (AvgIpc) is 2.93. The number of nitrogens with zero attached hydrogens (tertiary/aromatic N) is 1. The summed E-state index contributed by atoms with van der Waals surface area (Å²) in [6.07, 6.45) is 4.44. The van der Waals surface area contributed by atoms with E-state index in [-0.39, 0.29) is 24.0 Å². The Balaban J connectivity index is 2.01. The minimum atomic E-state index is -0.849. The van der Waals surface area contributed by atoms with Gasteiger partial charge in [-0.3, -0.25) is 4.79 Å². The number of aliphatic carboxylic acids is 1. The van der Waals surface area contributed by atoms with E-state index in [1.54, 1.807) is 4.90 Å². The Kier molecular flexibility index (Phi) is 3.98. The molecular formula is C15H25NO4. The van der Waals surface area contributed by atoms with E-state index in [0.717, 1.165) is 32.1 Å². The van der Waals surface area contributed by atoms with Crippen molar-refractivity contribution in [2.24, 2.45) is 5.41 Å². The fourth-order valence-corrected chi connectivity index (χ4v) is 3.25. The van der Waals surface area contributed by atoms with Crippen LogP contribution in [-0.2, 0) is 9.53 Å². The normalized spacial score (nSPS) is 23.9. The lowest BCUT2D eigenvalue weighted by molar-refractivity contribution is -0.138. The molecule has 1 aliphatic carbocycles. The van der Waals surface area contributed by atoms with Gasteiger partial charge in [0.1, 0.15) is 5.60 Å². The molecule has 5 nitrogen and oxygen atoms in total. The van der Waals surface area contributed by atoms with Gasteiger partial charge in [0.05, 0.1) is 6.42 Å². The van der Waals surface area contributed by atoms with Crippen LogP contribution < -0.4 is 0 Å². The summed E-state index contributed by atoms with van der Waals surface area (Å²) in [5.74, 6) is -0.849. The van der Waals surface area contributed by atoms with Crippen LogP contribution in [0.15, 0.2) is 0 Å². The van der Waals surface area contributed by atoms with Crippen molar-refractivity contribution in [3.05, 3.63) is 0 Å². The van der Waals surface area contributed by atoms with Crippen LogP contribution in [0.1, 0.15) is 59.3 Å². The van der Waals surface area contributed by atoms with Crippen molar-refractivity contribution < 1.29 is 19.4 Å². The van der Waals surface area contributed by atoms with Gasteiger partial charge in [0.2, 0.25) is 0 Å². The molecule has 1 N–H and O–H groups in total. The third-order valence-corrected chi connectivity index (χ3v) is 4.43. The van der Waals surface area contributed by atoms with E-state index >= 15 is 0 Å². The van der Waals surface area contributed by atoms with Gasteiger partial charge in [-0.05, 0) is 44.9 Å². The van der Waals surface area contributed by atoms with Gasteiger partial charge in [-0.2, -0.15) is 0 Å². The predicted molar refractivity (Wildman–Crippen MR) is 74.5 cm³/mol. The summed E-state index contributed by atoms with van der Waals surface area (Å²) in [5.41, 5.74) is -0.299. The zero-order valence-electron chi connectivity index (χ0n) is 12.6. The fraction of sp³-hybridized carbons (Fsp3) is 0.867. The number of rotatable bonds is 5. The fourth-order valence-electron chi connectivity index (χ4n) is 3.25. The van der Waals surface area contributed by atoms with Crippen molar-refractivity contribution in [1.29, 1.82) is 0 Å². The first-order valence-electron chi connectivity index (χ1n) is 7.48. The van der Waals surface area contributed by atoms with E-state index in [0.29, 0.717) is 6.54 Å². The second kappa shape index (κ2) is 5.26. The van der Waals surface area contributed by atoms with Gasteiger partial charge >= 0.3 is 12.1 Å². The number of amides is 1. The van der Waals surface area contributed by atoms with Crippen LogP contribution in [0, 0.1) is 5.41 Å². The predicted octanol–water partition coefficient (Wildman–Crippen LogP) is 3.03. The van der Waals surface area contributed by atoms with Gasteiger partial charge in [-0.25, -0.2) is 4.79 Å². The number of carboxylic acids is 1. The molecule has 0 aromatic heterocycles. The highest BCUT2D eigenvalue weighted by Gasteiger charge is 2.54. The quantitative estimate of drug-likeness (QED) is 0.842. The number of ether oxygens (including phenoxy) is 1. The Hall–Kier alpha value is -1.26. The molecule has 0 aromatic carbocycles. The molecule has 20 heavy (non-hydrogen) atoms. The lowest BCUT2D eigenvalue weighted by atomic mass is 10.0. The zero-order chi connectivity index (χ0) is 15.0. The summed E-state index contributed by atoms with van der Waals surface area (Å²) in [6.45, 7) is 6.52. The highest BCUT2D eigenvalue weighted by molar-refractivity contribution is 5.72. The number of likely N-dealkylation sites (tertiary alicyclic amines) is 1. The second-order valence-electron chi connectivity index (χ2n) is 6.96. The molecule has 0 bridgehead atoms. The molecule has 2 fully saturated rings. The Labute approximate surface area is 120 Å². The van der Waals surface area contributed by atoms with Gasteiger partial charge in [-0.1, -0.05) is 13.3 Å². The van der Waals surface area contributed by atoms with Gasteiger partial charge in [0, 0.05) is 12.6 Å². The maximum atomic E-state index is 12.4. The summed E-state index contributed by atoms with van der Waals surface area (Å²) in [7, 11) is 0. The lowest BCUT2D eigenvalue weighted by Crippen LogP contribution is -2.41. The molecule has 2 rings (SSSR count). The van der Waals surface area contributed by atoms with Crippen molar-refractivity contribution in [3.63, 3.8) is 0 Å². The van der Waals surface area contributed by atoms with Crippen LogP contribution in [0.4, 0.5) is 4.79 Å². The van der Waals surface area contributed by atoms with Crippen LogP contribution >= 0.6 is 0 Å². The van der Waals surface area contributed by atoms with Gasteiger partial charge in [0.15, 0.2) is 0 Å². The number of carbonyl (C=O) groups is 2. The first kappa shape index (κ1) is 15.1. The molecule has 0 unspecified atom stereocenters. The van der Waals surface area contributed by atoms with Crippen molar-refractivity contribution >= 4 is 12.1 Å². The molecule has 2 aliphatic rings. The van der Waals surface area contributed by atoms with Crippen LogP contribution in [0.25, 0.3) is 0 Å². The number of hydrogen-bond acceptors (Lipinski definition) is 3. The SMILES string of the molecule is CCCC(C)(C)OC(=O)N1CC2(CC2)C[C@H]1CC(=O)O. The highest BCUT2D eigenvalue weighted by Crippen LogP contribution is 2.55. The average molecular weight is 283 g/mol. The van der Waals surface area contributed by atoms with Crippen LogP contribution in [0.2, 0.25) is 0 Å². The summed E-state index contributed by atoms with van der Waals surface area (Å²) in [6, 6.07) is -0.208. The maximum Gasteiger partial charge on any atom is 0.410 e. The lowest BCUT2D eigenvalue weighted by Gasteiger charge is -2.30. The summed E-state index contributed by atoms with van der Waals surface area (Å²) in [4.78, 5) is 25.0. The number of carboxylic acid groups (broad SMARTS) is 1. The smallest absolute Gasteiger partial charge is 0.410 e. The van der Waals surface area contributed by atoms with Crippen molar-refractivity contribution in [2.75, 3.05) is 6.54 Å². The topological polar surface area (TPSA) is 66.8 Å². The monoisotopic (exact) mass is 283 g/mol. The van der Waals surface area contributed by atoms with Crippen molar-refractivity contribution in [3.8, 4) is 0 Å². The molecule has 1 atom stereocenters. The summed E-state index contributed by atoms with van der Waals surface area (Å²) in [5, 5.41) is 9.00. The first-order valence-corrected chi connectivity index (χ1v) is 7.48. The number of hydrogen-bond donors (Lipinski definition) is 1. The Morgan fingerprint density at radius 1 is 1.40 bits per heavy atom. The molecule has 0 aromatic rings. The Morgan fingerprint density at radius 2 is 2.05 bits per heavy atom. The van der Waals surface area contributed by atoms with E-state index in [1.807, 2.05) is 13.8 Å². The van der Waals surface area contributed by atoms with Crippen LogP contribution in [0.5, 0.6) is 0 Å². The highest BCUT2D eigenvalue weighted by atomic mass is 16.6. The molecule has 1 heterocycles. The van der Waals surface area contributed by atoms with Gasteiger partial charge in [0.25, 0.3) is 0 Å². The molecule has 1 spiro atoms. The molecule has 1 amide bonds. The van der Waals surface area contributed by atoms with Gasteiger partial charge in [-0.15, -0.1) is 0 Å². The van der Waals surface area contributed by atoms with Gasteiger partial charge < -0.3 is 14.7 Å². The third kappa shape index (κ3) is 3.44. The van der Waals surface area contributed by atoms with Crippen LogP contribution in [0.3, 0.4) is 0 Å². The molecule has 114 valence electrons. The Morgan fingerprint density at radius 3 is 2.55 bits per heavy atom. The minimum Gasteiger partial charge on any atom is -0.481 e. The summed E-state index contributed by atoms with van der Waals surface area (Å²) < 4.78 is 5.59. The number of carbonyl (C=O) groups excluding carboxylic acids is 1. The molecule has 1 saturated heterocycles. The van der Waals surface area contributed by atoms with Crippen molar-refractivity contribution in [2.45, 2.75) is 70.9 Å². The van der Waals surface area contributed by atoms with E-state index < -0.39 is 11.6 Å². The molecule has 1 saturated carbocycles. The van der Waals surface area contributed by atoms with Crippen molar-refractivity contribution in [1.82, 2.24) is 4.90 Å². The maximum absolute atomic E-state index is 12.4. The third-order valence-electron chi connectivity index (χ3n) is 4.43. The van der Waals surface area contributed by atoms with E-state index in [9.17, 15) is 9.59 Å². The zero-order valence-corrected chi connectivity index (χ0v) is 12.6. The largest absolute Gasteiger partial charge is 0.481 e. The van der Waals surface area contributed by atoms with E-state index in [4.69, 9.17) is 9.84 Å². The standard InChI is InChI=1S/C15H25NO4/c1-4-5-14(2,3)20-13(19)16-10-15(6-7-15)9-11(16)8-12(17)18/h11H,4-10H2,1-3H3,(H,17,18)/t11-/m1/s1. The Bertz CT molecular complexity index is 401. The van der Waals surface area contributed by atoms with E-state index in [1.165, 1.54) is 0 Å². The molecule has 1 aliphatic heterocycles. The minimum absolute atomic E-state index is 0.0189. The first-order chi connectivity index (χ1) is 9.27. The van der Waals surface area contributed by atoms with E-state index in [2.05, 4.69) is 6.92 Å². The second-order valence-corrected chi connectivity index (χ2v) is 6.96. The molecular weight excluding hydrogens is 258 g/mol. The molecule has 0 radical (unpaired) electrons.